The lowest BCUT2D eigenvalue weighted by atomic mass is 10.0. The molecule has 1 aromatic rings. The SMILES string of the molecule is CC1NCCC1C(=O)NCc1cnn(C)c1. The second-order valence-electron chi connectivity index (χ2n) is 4.38. The standard InChI is InChI=1S/C11H18N4O/c1-8-10(3-4-12-8)11(16)13-5-9-6-14-15(2)7-9/h6-8,10,12H,3-5H2,1-2H3,(H,13,16). The topological polar surface area (TPSA) is 59.0 Å². The Labute approximate surface area is 95.2 Å². The molecule has 1 saturated heterocycles. The average molecular weight is 222 g/mol. The molecular formula is C11H18N4O. The van der Waals surface area contributed by atoms with Crippen LogP contribution in [0.1, 0.15) is 18.9 Å². The molecule has 0 bridgehead atoms. The second-order valence-corrected chi connectivity index (χ2v) is 4.38. The number of nitrogens with zero attached hydrogens (tertiary/aromatic N) is 2. The fourth-order valence-electron chi connectivity index (χ4n) is 2.10. The minimum Gasteiger partial charge on any atom is -0.352 e. The summed E-state index contributed by atoms with van der Waals surface area (Å²) in [7, 11) is 1.87. The molecule has 2 atom stereocenters. The molecule has 5 nitrogen and oxygen atoms in total. The minimum atomic E-state index is 0.108. The van der Waals surface area contributed by atoms with Crippen molar-refractivity contribution in [2.75, 3.05) is 6.54 Å². The largest absolute Gasteiger partial charge is 0.352 e. The normalized spacial score (nSPS) is 24.6. The summed E-state index contributed by atoms with van der Waals surface area (Å²) >= 11 is 0. The Morgan fingerprint density at radius 3 is 3.12 bits per heavy atom. The Morgan fingerprint density at radius 1 is 1.75 bits per heavy atom. The lowest BCUT2D eigenvalue weighted by Gasteiger charge is -2.14. The van der Waals surface area contributed by atoms with E-state index in [1.807, 2.05) is 13.2 Å². The zero-order valence-corrected chi connectivity index (χ0v) is 9.73. The van der Waals surface area contributed by atoms with Gasteiger partial charge in [0.2, 0.25) is 5.91 Å². The maximum absolute atomic E-state index is 11.9. The van der Waals surface area contributed by atoms with Crippen LogP contribution in [-0.4, -0.2) is 28.3 Å². The molecular weight excluding hydrogens is 204 g/mol. The summed E-state index contributed by atoms with van der Waals surface area (Å²) in [6, 6.07) is 0.286. The molecule has 0 saturated carbocycles. The molecule has 0 aromatic carbocycles. The van der Waals surface area contributed by atoms with Crippen LogP contribution in [-0.2, 0) is 18.4 Å². The molecule has 0 radical (unpaired) electrons. The van der Waals surface area contributed by atoms with Gasteiger partial charge in [-0.1, -0.05) is 0 Å². The summed E-state index contributed by atoms with van der Waals surface area (Å²) in [5.41, 5.74) is 1.04. The molecule has 88 valence electrons. The number of hydrogen-bond acceptors (Lipinski definition) is 3. The molecule has 1 aliphatic rings. The first-order valence-corrected chi connectivity index (χ1v) is 5.65. The fraction of sp³-hybridized carbons (Fsp3) is 0.636. The van der Waals surface area contributed by atoms with E-state index in [0.717, 1.165) is 18.5 Å². The van der Waals surface area contributed by atoms with Crippen LogP contribution < -0.4 is 10.6 Å². The van der Waals surface area contributed by atoms with Gasteiger partial charge in [-0.15, -0.1) is 0 Å². The van der Waals surface area contributed by atoms with Gasteiger partial charge in [0.1, 0.15) is 0 Å². The van der Waals surface area contributed by atoms with Crippen molar-refractivity contribution in [1.29, 1.82) is 0 Å². The van der Waals surface area contributed by atoms with Crippen LogP contribution in [0.25, 0.3) is 0 Å². The maximum Gasteiger partial charge on any atom is 0.224 e. The number of hydrogen-bond donors (Lipinski definition) is 2. The molecule has 16 heavy (non-hydrogen) atoms. The van der Waals surface area contributed by atoms with Gasteiger partial charge in [-0.05, 0) is 19.9 Å². The average Bonchev–Trinajstić information content (AvgIpc) is 2.84. The first-order valence-electron chi connectivity index (χ1n) is 5.65. The van der Waals surface area contributed by atoms with Gasteiger partial charge in [0.25, 0.3) is 0 Å². The summed E-state index contributed by atoms with van der Waals surface area (Å²) in [5.74, 6) is 0.248. The molecule has 1 aromatic heterocycles. The Hall–Kier alpha value is -1.36. The molecule has 1 fully saturated rings. The van der Waals surface area contributed by atoms with Gasteiger partial charge in [-0.25, -0.2) is 0 Å². The molecule has 1 amide bonds. The Bertz CT molecular complexity index is 374. The first-order chi connectivity index (χ1) is 7.66. The third-order valence-corrected chi connectivity index (χ3v) is 3.09. The van der Waals surface area contributed by atoms with E-state index in [1.165, 1.54) is 0 Å². The minimum absolute atomic E-state index is 0.108. The molecule has 1 aliphatic heterocycles. The van der Waals surface area contributed by atoms with Gasteiger partial charge in [0.05, 0.1) is 12.1 Å². The van der Waals surface area contributed by atoms with Crippen LogP contribution in [0.2, 0.25) is 0 Å². The molecule has 0 aliphatic carbocycles. The number of aryl methyl sites for hydroxylation is 1. The van der Waals surface area contributed by atoms with E-state index in [4.69, 9.17) is 0 Å². The Morgan fingerprint density at radius 2 is 2.56 bits per heavy atom. The zero-order valence-electron chi connectivity index (χ0n) is 9.73. The van der Waals surface area contributed by atoms with Crippen LogP contribution in [0.15, 0.2) is 12.4 Å². The predicted octanol–water partition coefficient (Wildman–Crippen LogP) is 0.0343. The van der Waals surface area contributed by atoms with Gasteiger partial charge < -0.3 is 10.6 Å². The maximum atomic E-state index is 11.9. The van der Waals surface area contributed by atoms with Gasteiger partial charge in [-0.3, -0.25) is 9.48 Å². The summed E-state index contributed by atoms with van der Waals surface area (Å²) in [6.45, 7) is 3.56. The highest BCUT2D eigenvalue weighted by atomic mass is 16.1. The van der Waals surface area contributed by atoms with Crippen LogP contribution in [0.4, 0.5) is 0 Å². The third-order valence-electron chi connectivity index (χ3n) is 3.09. The molecule has 2 rings (SSSR count). The second kappa shape index (κ2) is 4.65. The highest BCUT2D eigenvalue weighted by Crippen LogP contribution is 2.15. The van der Waals surface area contributed by atoms with Crippen molar-refractivity contribution in [2.24, 2.45) is 13.0 Å². The van der Waals surface area contributed by atoms with Gasteiger partial charge in [0.15, 0.2) is 0 Å². The smallest absolute Gasteiger partial charge is 0.224 e. The van der Waals surface area contributed by atoms with Crippen molar-refractivity contribution in [1.82, 2.24) is 20.4 Å². The van der Waals surface area contributed by atoms with Crippen molar-refractivity contribution >= 4 is 5.91 Å². The lowest BCUT2D eigenvalue weighted by molar-refractivity contribution is -0.125. The lowest BCUT2D eigenvalue weighted by Crippen LogP contribution is -2.36. The zero-order chi connectivity index (χ0) is 11.5. The molecule has 0 spiro atoms. The van der Waals surface area contributed by atoms with Crippen LogP contribution >= 0.6 is 0 Å². The third kappa shape index (κ3) is 2.41. The van der Waals surface area contributed by atoms with Crippen LogP contribution in [0, 0.1) is 5.92 Å². The van der Waals surface area contributed by atoms with Gasteiger partial charge in [-0.2, -0.15) is 5.10 Å². The number of rotatable bonds is 3. The summed E-state index contributed by atoms with van der Waals surface area (Å²) in [5, 5.41) is 10.3. The van der Waals surface area contributed by atoms with Crippen molar-refractivity contribution in [3.63, 3.8) is 0 Å². The molecule has 2 heterocycles. The monoisotopic (exact) mass is 222 g/mol. The summed E-state index contributed by atoms with van der Waals surface area (Å²) in [6.07, 6.45) is 4.62. The van der Waals surface area contributed by atoms with E-state index < -0.39 is 0 Å². The number of carbonyl (C=O) groups excluding carboxylic acids is 1. The van der Waals surface area contributed by atoms with E-state index in [9.17, 15) is 4.79 Å². The van der Waals surface area contributed by atoms with Crippen molar-refractivity contribution in [3.05, 3.63) is 18.0 Å². The quantitative estimate of drug-likeness (QED) is 0.759. The highest BCUT2D eigenvalue weighted by Gasteiger charge is 2.28. The van der Waals surface area contributed by atoms with Crippen molar-refractivity contribution in [3.8, 4) is 0 Å². The number of amides is 1. The molecule has 2 N–H and O–H groups in total. The molecule has 2 unspecified atom stereocenters. The van der Waals surface area contributed by atoms with Crippen LogP contribution in [0.3, 0.4) is 0 Å². The van der Waals surface area contributed by atoms with E-state index in [-0.39, 0.29) is 17.9 Å². The Kier molecular flexibility index (Phi) is 3.24. The first kappa shape index (κ1) is 11.1. The van der Waals surface area contributed by atoms with E-state index in [2.05, 4.69) is 22.7 Å². The number of carbonyl (C=O) groups is 1. The fourth-order valence-corrected chi connectivity index (χ4v) is 2.10. The van der Waals surface area contributed by atoms with Gasteiger partial charge >= 0.3 is 0 Å². The molecule has 5 heteroatoms. The van der Waals surface area contributed by atoms with E-state index >= 15 is 0 Å². The van der Waals surface area contributed by atoms with E-state index in [0.29, 0.717) is 6.54 Å². The predicted molar refractivity (Wildman–Crippen MR) is 60.6 cm³/mol. The number of nitrogens with one attached hydrogen (secondary N) is 2. The van der Waals surface area contributed by atoms with E-state index in [1.54, 1.807) is 10.9 Å². The van der Waals surface area contributed by atoms with Crippen molar-refractivity contribution < 1.29 is 4.79 Å². The number of aromatic nitrogens is 2. The van der Waals surface area contributed by atoms with Crippen molar-refractivity contribution in [2.45, 2.75) is 25.9 Å². The summed E-state index contributed by atoms with van der Waals surface area (Å²) < 4.78 is 1.74. The van der Waals surface area contributed by atoms with Crippen LogP contribution in [0.5, 0.6) is 0 Å². The summed E-state index contributed by atoms with van der Waals surface area (Å²) in [4.78, 5) is 11.9. The van der Waals surface area contributed by atoms with Gasteiger partial charge in [0, 0.05) is 31.4 Å². The highest BCUT2D eigenvalue weighted by molar-refractivity contribution is 5.79. The Balaban J connectivity index is 1.83.